The first-order chi connectivity index (χ1) is 12.3. The Labute approximate surface area is 153 Å². The zero-order chi connectivity index (χ0) is 17.1. The van der Waals surface area contributed by atoms with Crippen molar-refractivity contribution in [3.05, 3.63) is 46.2 Å². The first kappa shape index (κ1) is 16.6. The molecule has 0 spiro atoms. The molecule has 0 bridgehead atoms. The van der Waals surface area contributed by atoms with Crippen LogP contribution in [0.3, 0.4) is 0 Å². The molecule has 1 fully saturated rings. The molecule has 0 aliphatic carbocycles. The number of hydrogen-bond donors (Lipinski definition) is 1. The normalized spacial score (nSPS) is 16.8. The number of nitrogens with one attached hydrogen (secondary N) is 1. The minimum atomic E-state index is -0.0790. The van der Waals surface area contributed by atoms with Crippen molar-refractivity contribution in [1.82, 2.24) is 19.0 Å². The fourth-order valence-corrected chi connectivity index (χ4v) is 4.37. The molecular formula is C17H18N4O2S2. The first-order valence-electron chi connectivity index (χ1n) is 8.17. The summed E-state index contributed by atoms with van der Waals surface area (Å²) in [6.45, 7) is 3.82. The third kappa shape index (κ3) is 3.72. The SMILES string of the molecule is O=C(NC[C@@H](c1cccs1)N1CCOCC1)c1ccc2nsnc2c1. The van der Waals surface area contributed by atoms with Crippen LogP contribution >= 0.6 is 23.1 Å². The van der Waals surface area contributed by atoms with Crippen molar-refractivity contribution in [1.29, 1.82) is 0 Å². The number of benzene rings is 1. The van der Waals surface area contributed by atoms with Crippen LogP contribution in [0.25, 0.3) is 11.0 Å². The molecule has 1 saturated heterocycles. The van der Waals surface area contributed by atoms with Crippen LogP contribution in [0.5, 0.6) is 0 Å². The summed E-state index contributed by atoms with van der Waals surface area (Å²) in [6.07, 6.45) is 0. The maximum Gasteiger partial charge on any atom is 0.251 e. The number of aromatic nitrogens is 2. The quantitative estimate of drug-likeness (QED) is 0.743. The molecule has 1 aliphatic heterocycles. The lowest BCUT2D eigenvalue weighted by molar-refractivity contribution is 0.0169. The number of fused-ring (bicyclic) bond motifs is 1. The molecule has 0 unspecified atom stereocenters. The lowest BCUT2D eigenvalue weighted by Gasteiger charge is -2.34. The highest BCUT2D eigenvalue weighted by Crippen LogP contribution is 2.25. The van der Waals surface area contributed by atoms with Crippen molar-refractivity contribution in [2.45, 2.75) is 6.04 Å². The van der Waals surface area contributed by atoms with Gasteiger partial charge >= 0.3 is 0 Å². The Hall–Kier alpha value is -1.87. The number of hydrogen-bond acceptors (Lipinski definition) is 7. The number of amides is 1. The lowest BCUT2D eigenvalue weighted by atomic mass is 10.1. The van der Waals surface area contributed by atoms with Crippen LogP contribution in [-0.2, 0) is 4.74 Å². The Morgan fingerprint density at radius 3 is 2.88 bits per heavy atom. The Bertz CT molecular complexity index is 843. The van der Waals surface area contributed by atoms with Crippen LogP contribution in [0.1, 0.15) is 21.3 Å². The Morgan fingerprint density at radius 2 is 2.08 bits per heavy atom. The molecule has 4 rings (SSSR count). The highest BCUT2D eigenvalue weighted by Gasteiger charge is 2.24. The molecule has 130 valence electrons. The van der Waals surface area contributed by atoms with E-state index in [0.29, 0.717) is 12.1 Å². The van der Waals surface area contributed by atoms with Gasteiger partial charge in [-0.05, 0) is 29.6 Å². The van der Waals surface area contributed by atoms with Crippen LogP contribution in [0.2, 0.25) is 0 Å². The predicted molar refractivity (Wildman–Crippen MR) is 99.2 cm³/mol. The van der Waals surface area contributed by atoms with E-state index in [9.17, 15) is 4.79 Å². The standard InChI is InChI=1S/C17H18N4O2S2/c22-17(12-3-4-13-14(10-12)20-25-19-13)18-11-15(16-2-1-9-24-16)21-5-7-23-8-6-21/h1-4,9-10,15H,5-8,11H2,(H,18,22)/t15-/m0/s1. The topological polar surface area (TPSA) is 67.4 Å². The molecule has 2 aromatic heterocycles. The molecular weight excluding hydrogens is 356 g/mol. The van der Waals surface area contributed by atoms with Gasteiger partial charge in [0.05, 0.1) is 31.0 Å². The van der Waals surface area contributed by atoms with Crippen molar-refractivity contribution >= 4 is 40.0 Å². The van der Waals surface area contributed by atoms with E-state index >= 15 is 0 Å². The summed E-state index contributed by atoms with van der Waals surface area (Å²) in [5, 5.41) is 5.16. The maximum absolute atomic E-state index is 12.6. The van der Waals surface area contributed by atoms with E-state index in [-0.39, 0.29) is 11.9 Å². The van der Waals surface area contributed by atoms with Gasteiger partial charge < -0.3 is 10.1 Å². The van der Waals surface area contributed by atoms with Crippen LogP contribution in [-0.4, -0.2) is 52.4 Å². The number of thiophene rings is 1. The largest absolute Gasteiger partial charge is 0.379 e. The van der Waals surface area contributed by atoms with Gasteiger partial charge in [0.25, 0.3) is 5.91 Å². The molecule has 8 heteroatoms. The number of nitrogens with zero attached hydrogens (tertiary/aromatic N) is 3. The van der Waals surface area contributed by atoms with E-state index in [1.54, 1.807) is 23.5 Å². The average Bonchev–Trinajstić information content (AvgIpc) is 3.34. The number of morpholine rings is 1. The smallest absolute Gasteiger partial charge is 0.251 e. The third-order valence-corrected chi connectivity index (χ3v) is 5.86. The predicted octanol–water partition coefficient (Wildman–Crippen LogP) is 2.56. The summed E-state index contributed by atoms with van der Waals surface area (Å²) in [5.41, 5.74) is 2.21. The molecule has 6 nitrogen and oxygen atoms in total. The molecule has 0 saturated carbocycles. The molecule has 1 N–H and O–H groups in total. The molecule has 1 aromatic carbocycles. The van der Waals surface area contributed by atoms with Crippen molar-refractivity contribution in [2.24, 2.45) is 0 Å². The Balaban J connectivity index is 1.47. The number of rotatable bonds is 5. The first-order valence-corrected chi connectivity index (χ1v) is 9.78. The second-order valence-corrected chi connectivity index (χ2v) is 7.37. The summed E-state index contributed by atoms with van der Waals surface area (Å²) in [7, 11) is 0. The molecule has 1 aliphatic rings. The van der Waals surface area contributed by atoms with Crippen molar-refractivity contribution in [3.63, 3.8) is 0 Å². The van der Waals surface area contributed by atoms with E-state index in [1.165, 1.54) is 4.88 Å². The van der Waals surface area contributed by atoms with E-state index in [2.05, 4.69) is 36.5 Å². The lowest BCUT2D eigenvalue weighted by Crippen LogP contribution is -2.43. The number of ether oxygens (including phenoxy) is 1. The maximum atomic E-state index is 12.6. The van der Waals surface area contributed by atoms with Gasteiger partial charge in [-0.2, -0.15) is 8.75 Å². The van der Waals surface area contributed by atoms with Gasteiger partial charge in [0.1, 0.15) is 11.0 Å². The zero-order valence-corrected chi connectivity index (χ0v) is 15.2. The van der Waals surface area contributed by atoms with Crippen molar-refractivity contribution < 1.29 is 9.53 Å². The number of carbonyl (C=O) groups excluding carboxylic acids is 1. The number of carbonyl (C=O) groups is 1. The molecule has 3 aromatic rings. The molecule has 1 atom stereocenters. The van der Waals surface area contributed by atoms with Gasteiger partial charge in [-0.25, -0.2) is 0 Å². The van der Waals surface area contributed by atoms with Gasteiger partial charge in [-0.1, -0.05) is 6.07 Å². The van der Waals surface area contributed by atoms with Gasteiger partial charge in [0.2, 0.25) is 0 Å². The second kappa shape index (κ2) is 7.57. The monoisotopic (exact) mass is 374 g/mol. The second-order valence-electron chi connectivity index (χ2n) is 5.86. The van der Waals surface area contributed by atoms with Crippen LogP contribution in [0.4, 0.5) is 0 Å². The highest BCUT2D eigenvalue weighted by molar-refractivity contribution is 7.10. The van der Waals surface area contributed by atoms with E-state index in [0.717, 1.165) is 49.1 Å². The summed E-state index contributed by atoms with van der Waals surface area (Å²) in [5.74, 6) is -0.0790. The van der Waals surface area contributed by atoms with E-state index in [1.807, 2.05) is 6.07 Å². The fourth-order valence-electron chi connectivity index (χ4n) is 2.99. The molecule has 3 heterocycles. The van der Waals surface area contributed by atoms with Crippen LogP contribution in [0.15, 0.2) is 35.7 Å². The highest BCUT2D eigenvalue weighted by atomic mass is 32.1. The van der Waals surface area contributed by atoms with Crippen LogP contribution in [0, 0.1) is 0 Å². The van der Waals surface area contributed by atoms with E-state index < -0.39 is 0 Å². The van der Waals surface area contributed by atoms with Gasteiger partial charge in [-0.3, -0.25) is 9.69 Å². The summed E-state index contributed by atoms with van der Waals surface area (Å²) in [4.78, 5) is 16.2. The Morgan fingerprint density at radius 1 is 1.24 bits per heavy atom. The minimum absolute atomic E-state index is 0.0790. The summed E-state index contributed by atoms with van der Waals surface area (Å²) in [6, 6.07) is 9.80. The van der Waals surface area contributed by atoms with Crippen molar-refractivity contribution in [3.8, 4) is 0 Å². The summed E-state index contributed by atoms with van der Waals surface area (Å²) < 4.78 is 13.8. The average molecular weight is 374 g/mol. The zero-order valence-electron chi connectivity index (χ0n) is 13.6. The van der Waals surface area contributed by atoms with Gasteiger partial charge in [0, 0.05) is 30.1 Å². The third-order valence-electron chi connectivity index (χ3n) is 4.33. The molecule has 1 amide bonds. The minimum Gasteiger partial charge on any atom is -0.379 e. The Kier molecular flexibility index (Phi) is 5.02. The molecule has 25 heavy (non-hydrogen) atoms. The fraction of sp³-hybridized carbons (Fsp3) is 0.353. The summed E-state index contributed by atoms with van der Waals surface area (Å²) >= 11 is 2.88. The van der Waals surface area contributed by atoms with Gasteiger partial charge in [-0.15, -0.1) is 11.3 Å². The van der Waals surface area contributed by atoms with Gasteiger partial charge in [0.15, 0.2) is 0 Å². The van der Waals surface area contributed by atoms with E-state index in [4.69, 9.17) is 4.74 Å². The van der Waals surface area contributed by atoms with Crippen LogP contribution < -0.4 is 5.32 Å². The molecule has 0 radical (unpaired) electrons. The van der Waals surface area contributed by atoms with Crippen molar-refractivity contribution in [2.75, 3.05) is 32.8 Å².